The van der Waals surface area contributed by atoms with Crippen molar-refractivity contribution in [3.05, 3.63) is 168 Å². The maximum Gasteiger partial charge on any atom is 0.238 e. The second-order valence-electron chi connectivity index (χ2n) is 14.1. The minimum atomic E-state index is -0.181. The highest BCUT2D eigenvalue weighted by atomic mass is 15.2. The highest BCUT2D eigenvalue weighted by Gasteiger charge is 2.38. The van der Waals surface area contributed by atoms with Crippen LogP contribution in [0.2, 0.25) is 0 Å². The molecule has 0 radical (unpaired) electrons. The predicted molar refractivity (Wildman–Crippen MR) is 210 cm³/mol. The second-order valence-corrected chi connectivity index (χ2v) is 14.1. The number of hydrogen-bond acceptors (Lipinski definition) is 3. The molecule has 1 aliphatic rings. The van der Waals surface area contributed by atoms with Crippen LogP contribution in [0.3, 0.4) is 0 Å². The van der Waals surface area contributed by atoms with Crippen molar-refractivity contribution >= 4 is 32.6 Å². The zero-order valence-corrected chi connectivity index (χ0v) is 28.7. The largest absolute Gasteiger partial charge is 0.277 e. The van der Waals surface area contributed by atoms with Crippen molar-refractivity contribution in [2.45, 2.75) is 26.2 Å². The summed E-state index contributed by atoms with van der Waals surface area (Å²) in [5.41, 5.74) is 12.8. The van der Waals surface area contributed by atoms with Crippen LogP contribution in [0.5, 0.6) is 0 Å². The quantitative estimate of drug-likeness (QED) is 0.190. The van der Waals surface area contributed by atoms with Crippen molar-refractivity contribution in [2.75, 3.05) is 0 Å². The first-order chi connectivity index (χ1) is 25.0. The lowest BCUT2D eigenvalue weighted by Crippen LogP contribution is -2.16. The van der Waals surface area contributed by atoms with Gasteiger partial charge in [0, 0.05) is 38.3 Å². The third kappa shape index (κ3) is 4.43. The lowest BCUT2D eigenvalue weighted by atomic mass is 9.78. The number of hydrogen-bond donors (Lipinski definition) is 0. The van der Waals surface area contributed by atoms with Gasteiger partial charge in [0.15, 0.2) is 11.6 Å². The van der Waals surface area contributed by atoms with Gasteiger partial charge in [0.05, 0.1) is 11.0 Å². The Morgan fingerprint density at radius 3 is 1.76 bits per heavy atom. The Morgan fingerprint density at radius 1 is 0.471 bits per heavy atom. The summed E-state index contributed by atoms with van der Waals surface area (Å²) >= 11 is 0. The molecule has 4 heteroatoms. The third-order valence-corrected chi connectivity index (χ3v) is 10.7. The maximum absolute atomic E-state index is 5.31. The van der Waals surface area contributed by atoms with Gasteiger partial charge in [0.25, 0.3) is 0 Å². The molecule has 9 aromatic rings. The van der Waals surface area contributed by atoms with E-state index in [1.54, 1.807) is 0 Å². The molecule has 2 heterocycles. The predicted octanol–water partition coefficient (Wildman–Crippen LogP) is 11.7. The molecule has 2 aromatic heterocycles. The van der Waals surface area contributed by atoms with Gasteiger partial charge in [0.1, 0.15) is 0 Å². The van der Waals surface area contributed by atoms with Gasteiger partial charge < -0.3 is 0 Å². The monoisotopic (exact) mass is 654 g/mol. The van der Waals surface area contributed by atoms with Crippen LogP contribution in [-0.4, -0.2) is 19.5 Å². The van der Waals surface area contributed by atoms with Crippen LogP contribution in [0.25, 0.3) is 83.6 Å². The topological polar surface area (TPSA) is 43.6 Å². The smallest absolute Gasteiger partial charge is 0.238 e. The number of benzene rings is 7. The van der Waals surface area contributed by atoms with Crippen LogP contribution in [-0.2, 0) is 5.41 Å². The number of fused-ring (bicyclic) bond motifs is 8. The van der Waals surface area contributed by atoms with E-state index in [0.717, 1.165) is 27.7 Å². The summed E-state index contributed by atoms with van der Waals surface area (Å²) in [6.07, 6.45) is 0. The maximum atomic E-state index is 5.31. The summed E-state index contributed by atoms with van der Waals surface area (Å²) in [7, 11) is 0. The molecule has 0 unspecified atom stereocenters. The number of nitrogens with zero attached hydrogens (tertiary/aromatic N) is 4. The summed E-state index contributed by atoms with van der Waals surface area (Å²) in [4.78, 5) is 15.7. The Kier molecular flexibility index (Phi) is 6.40. The van der Waals surface area contributed by atoms with Gasteiger partial charge in [0.2, 0.25) is 5.95 Å². The van der Waals surface area contributed by atoms with Crippen LogP contribution in [0.1, 0.15) is 30.5 Å². The van der Waals surface area contributed by atoms with Gasteiger partial charge in [-0.05, 0) is 46.2 Å². The van der Waals surface area contributed by atoms with Gasteiger partial charge in [-0.3, -0.25) is 4.57 Å². The lowest BCUT2D eigenvalue weighted by Gasteiger charge is -2.25. The molecule has 0 saturated carbocycles. The molecule has 0 spiro atoms. The SMILES string of the molecule is Cc1ccc2ccc3c4cccc(-c5cccc6c5C(C)(C)c5ccccc5-6)c4n(-c4nc(-c5ccccc5)nc(-c5ccccc5)n4)c3c2c1. The molecule has 242 valence electrons. The van der Waals surface area contributed by atoms with Crippen molar-refractivity contribution < 1.29 is 0 Å². The van der Waals surface area contributed by atoms with Crippen molar-refractivity contribution in [1.29, 1.82) is 0 Å². The molecule has 0 atom stereocenters. The zero-order valence-electron chi connectivity index (χ0n) is 28.7. The molecule has 0 N–H and O–H groups in total. The van der Waals surface area contributed by atoms with E-state index in [9.17, 15) is 0 Å². The van der Waals surface area contributed by atoms with Gasteiger partial charge >= 0.3 is 0 Å². The van der Waals surface area contributed by atoms with Gasteiger partial charge in [-0.2, -0.15) is 9.97 Å². The highest BCUT2D eigenvalue weighted by Crippen LogP contribution is 2.53. The summed E-state index contributed by atoms with van der Waals surface area (Å²) in [6, 6.07) is 54.0. The van der Waals surface area contributed by atoms with E-state index in [0.29, 0.717) is 17.6 Å². The number of rotatable bonds is 4. The molecule has 0 fully saturated rings. The summed E-state index contributed by atoms with van der Waals surface area (Å²) in [5, 5.41) is 4.68. The lowest BCUT2D eigenvalue weighted by molar-refractivity contribution is 0.662. The van der Waals surface area contributed by atoms with Crippen molar-refractivity contribution in [3.8, 4) is 51.0 Å². The van der Waals surface area contributed by atoms with E-state index in [1.165, 1.54) is 54.9 Å². The zero-order chi connectivity index (χ0) is 34.3. The van der Waals surface area contributed by atoms with Crippen molar-refractivity contribution in [1.82, 2.24) is 19.5 Å². The standard InChI is InChI=1S/C47H34N4/c1-29-24-25-30-26-27-38-37-22-13-21-36(35-20-12-19-34-33-18-10-11-23-40(33)47(2,3)41(34)35)42(37)51(43(38)39(30)28-29)46-49-44(31-14-6-4-7-15-31)48-45(50-46)32-16-8-5-9-17-32/h4-28H,1-3H3. The Hall–Kier alpha value is -6.39. The van der Waals surface area contributed by atoms with Crippen LogP contribution < -0.4 is 0 Å². The summed E-state index contributed by atoms with van der Waals surface area (Å²) in [5.74, 6) is 1.88. The van der Waals surface area contributed by atoms with Crippen LogP contribution in [0.15, 0.2) is 152 Å². The summed E-state index contributed by atoms with van der Waals surface area (Å²) < 4.78 is 2.32. The average Bonchev–Trinajstić information content (AvgIpc) is 3.65. The van der Waals surface area contributed by atoms with Crippen molar-refractivity contribution in [3.63, 3.8) is 0 Å². The fourth-order valence-electron chi connectivity index (χ4n) is 8.38. The molecule has 0 saturated heterocycles. The molecule has 4 nitrogen and oxygen atoms in total. The molecule has 51 heavy (non-hydrogen) atoms. The Bertz CT molecular complexity index is 2770. The van der Waals surface area contributed by atoms with E-state index in [4.69, 9.17) is 15.0 Å². The Labute approximate surface area is 296 Å². The van der Waals surface area contributed by atoms with E-state index < -0.39 is 0 Å². The minimum Gasteiger partial charge on any atom is -0.277 e. The number of aryl methyl sites for hydroxylation is 1. The van der Waals surface area contributed by atoms with E-state index in [2.05, 4.69) is 141 Å². The highest BCUT2D eigenvalue weighted by molar-refractivity contribution is 6.21. The molecule has 0 bridgehead atoms. The van der Waals surface area contributed by atoms with E-state index in [1.807, 2.05) is 36.4 Å². The molecule has 0 amide bonds. The van der Waals surface area contributed by atoms with Gasteiger partial charge in [-0.1, -0.05) is 165 Å². The summed E-state index contributed by atoms with van der Waals surface area (Å²) in [6.45, 7) is 6.88. The first-order valence-electron chi connectivity index (χ1n) is 17.5. The molecule has 10 rings (SSSR count). The molecule has 0 aliphatic heterocycles. The molecule has 1 aliphatic carbocycles. The van der Waals surface area contributed by atoms with Gasteiger partial charge in [-0.15, -0.1) is 0 Å². The second kappa shape index (κ2) is 11.1. The van der Waals surface area contributed by atoms with Crippen LogP contribution >= 0.6 is 0 Å². The third-order valence-electron chi connectivity index (χ3n) is 10.7. The first-order valence-corrected chi connectivity index (χ1v) is 17.5. The van der Waals surface area contributed by atoms with Crippen molar-refractivity contribution in [2.24, 2.45) is 0 Å². The normalized spacial score (nSPS) is 13.2. The molecular formula is C47H34N4. The molecular weight excluding hydrogens is 621 g/mol. The fourth-order valence-corrected chi connectivity index (χ4v) is 8.38. The number of para-hydroxylation sites is 1. The van der Waals surface area contributed by atoms with Gasteiger partial charge in [-0.25, -0.2) is 4.98 Å². The van der Waals surface area contributed by atoms with Crippen LogP contribution in [0.4, 0.5) is 0 Å². The fraction of sp³-hybridized carbons (Fsp3) is 0.0851. The average molecular weight is 655 g/mol. The first kappa shape index (κ1) is 29.5. The van der Waals surface area contributed by atoms with Crippen LogP contribution in [0, 0.1) is 6.92 Å². The Balaban J connectivity index is 1.37. The number of aromatic nitrogens is 4. The Morgan fingerprint density at radius 2 is 1.04 bits per heavy atom. The minimum absolute atomic E-state index is 0.181. The van der Waals surface area contributed by atoms with E-state index >= 15 is 0 Å². The molecule has 7 aromatic carbocycles. The van der Waals surface area contributed by atoms with E-state index in [-0.39, 0.29) is 5.41 Å².